The molecule has 108 valence electrons. The minimum Gasteiger partial charge on any atom is -0.480 e. The molecule has 3 nitrogen and oxygen atoms in total. The molecule has 3 aliphatic rings. The molecule has 0 aliphatic heterocycles. The maximum Gasteiger partial charge on any atom is 0.320 e. The minimum atomic E-state index is -0.654. The normalized spacial score (nSPS) is 41.4. The first-order valence-electron chi connectivity index (χ1n) is 8.19. The maximum absolute atomic E-state index is 11.4. The number of carbonyl (C=O) groups is 1. The number of rotatable bonds is 6. The zero-order valence-electron chi connectivity index (χ0n) is 12.0. The standard InChI is InChI=1S/C16H27NO2/c1-2-3-7-14(16(18)19)17-15-9-10-8-13(15)12-6-4-5-11(10)12/h10-15,17H,2-9H2,1H3,(H,18,19)/t10?,11?,12?,13?,14-,15?/m0/s1. The molecule has 0 saturated heterocycles. The van der Waals surface area contributed by atoms with Crippen LogP contribution in [0.4, 0.5) is 0 Å². The summed E-state index contributed by atoms with van der Waals surface area (Å²) in [4.78, 5) is 11.4. The molecule has 3 saturated carbocycles. The van der Waals surface area contributed by atoms with Crippen LogP contribution in [0.15, 0.2) is 0 Å². The number of hydrogen-bond donors (Lipinski definition) is 2. The predicted octanol–water partition coefficient (Wildman–Crippen LogP) is 3.04. The molecular weight excluding hydrogens is 238 g/mol. The molecule has 3 heteroatoms. The van der Waals surface area contributed by atoms with Crippen molar-refractivity contribution in [3.8, 4) is 0 Å². The SMILES string of the molecule is CCCC[C@H](NC1CC2CC1C1CCCC21)C(=O)O. The molecule has 2 bridgehead atoms. The number of unbranched alkanes of at least 4 members (excludes halogenated alkanes) is 1. The third-order valence-electron chi connectivity index (χ3n) is 5.99. The summed E-state index contributed by atoms with van der Waals surface area (Å²) in [5.74, 6) is 2.93. The van der Waals surface area contributed by atoms with Crippen LogP contribution in [-0.4, -0.2) is 23.2 Å². The Morgan fingerprint density at radius 2 is 2.05 bits per heavy atom. The fourth-order valence-corrected chi connectivity index (χ4v) is 5.20. The highest BCUT2D eigenvalue weighted by Crippen LogP contribution is 2.58. The van der Waals surface area contributed by atoms with Gasteiger partial charge in [-0.1, -0.05) is 26.2 Å². The summed E-state index contributed by atoms with van der Waals surface area (Å²) in [5.41, 5.74) is 0. The highest BCUT2D eigenvalue weighted by molar-refractivity contribution is 5.73. The lowest BCUT2D eigenvalue weighted by molar-refractivity contribution is -0.140. The third kappa shape index (κ3) is 2.42. The first-order valence-corrected chi connectivity index (χ1v) is 8.19. The molecule has 5 unspecified atom stereocenters. The topological polar surface area (TPSA) is 49.3 Å². The molecule has 6 atom stereocenters. The van der Waals surface area contributed by atoms with Crippen LogP contribution in [0.3, 0.4) is 0 Å². The van der Waals surface area contributed by atoms with Gasteiger partial charge < -0.3 is 10.4 Å². The van der Waals surface area contributed by atoms with Gasteiger partial charge in [-0.3, -0.25) is 4.79 Å². The van der Waals surface area contributed by atoms with Crippen LogP contribution in [0.5, 0.6) is 0 Å². The Bertz CT molecular complexity index is 344. The van der Waals surface area contributed by atoms with Gasteiger partial charge in [0.15, 0.2) is 0 Å². The molecular formula is C16H27NO2. The van der Waals surface area contributed by atoms with Gasteiger partial charge in [0.2, 0.25) is 0 Å². The van der Waals surface area contributed by atoms with Gasteiger partial charge >= 0.3 is 5.97 Å². The molecule has 0 radical (unpaired) electrons. The molecule has 2 N–H and O–H groups in total. The van der Waals surface area contributed by atoms with Crippen molar-refractivity contribution in [2.45, 2.75) is 70.4 Å². The van der Waals surface area contributed by atoms with E-state index in [9.17, 15) is 9.90 Å². The van der Waals surface area contributed by atoms with Crippen molar-refractivity contribution in [3.05, 3.63) is 0 Å². The van der Waals surface area contributed by atoms with E-state index < -0.39 is 5.97 Å². The second-order valence-corrected chi connectivity index (χ2v) is 6.96. The van der Waals surface area contributed by atoms with Gasteiger partial charge in [0.25, 0.3) is 0 Å². The van der Waals surface area contributed by atoms with Crippen molar-refractivity contribution in [3.63, 3.8) is 0 Å². The van der Waals surface area contributed by atoms with E-state index in [4.69, 9.17) is 0 Å². The number of carboxylic acid groups (broad SMARTS) is 1. The maximum atomic E-state index is 11.4. The van der Waals surface area contributed by atoms with E-state index in [1.807, 2.05) is 0 Å². The predicted molar refractivity (Wildman–Crippen MR) is 74.9 cm³/mol. The molecule has 0 aromatic heterocycles. The van der Waals surface area contributed by atoms with Crippen LogP contribution in [-0.2, 0) is 4.79 Å². The van der Waals surface area contributed by atoms with Gasteiger partial charge in [0.05, 0.1) is 0 Å². The van der Waals surface area contributed by atoms with Crippen LogP contribution in [0.2, 0.25) is 0 Å². The van der Waals surface area contributed by atoms with Crippen molar-refractivity contribution in [1.82, 2.24) is 5.32 Å². The lowest BCUT2D eigenvalue weighted by Crippen LogP contribution is -2.47. The smallest absolute Gasteiger partial charge is 0.320 e. The molecule has 3 rings (SSSR count). The Morgan fingerprint density at radius 1 is 1.26 bits per heavy atom. The number of fused-ring (bicyclic) bond motifs is 5. The first kappa shape index (κ1) is 13.4. The van der Waals surface area contributed by atoms with Crippen LogP contribution >= 0.6 is 0 Å². The van der Waals surface area contributed by atoms with Crippen molar-refractivity contribution >= 4 is 5.97 Å². The summed E-state index contributed by atoms with van der Waals surface area (Å²) in [6, 6.07) is 0.173. The highest BCUT2D eigenvalue weighted by Gasteiger charge is 2.54. The summed E-state index contributed by atoms with van der Waals surface area (Å²) in [6.45, 7) is 2.12. The van der Waals surface area contributed by atoms with Crippen LogP contribution < -0.4 is 5.32 Å². The number of hydrogen-bond acceptors (Lipinski definition) is 2. The average molecular weight is 265 g/mol. The Hall–Kier alpha value is -0.570. The molecule has 19 heavy (non-hydrogen) atoms. The van der Waals surface area contributed by atoms with Gasteiger partial charge in [-0.05, 0) is 55.8 Å². The summed E-state index contributed by atoms with van der Waals surface area (Å²) >= 11 is 0. The Morgan fingerprint density at radius 3 is 2.79 bits per heavy atom. The lowest BCUT2D eigenvalue weighted by Gasteiger charge is -2.33. The average Bonchev–Trinajstić information content (AvgIpc) is 3.05. The van der Waals surface area contributed by atoms with E-state index in [2.05, 4.69) is 12.2 Å². The van der Waals surface area contributed by atoms with Crippen LogP contribution in [0.1, 0.15) is 58.3 Å². The highest BCUT2D eigenvalue weighted by atomic mass is 16.4. The Labute approximate surface area is 116 Å². The van der Waals surface area contributed by atoms with Crippen LogP contribution in [0.25, 0.3) is 0 Å². The number of nitrogens with one attached hydrogen (secondary N) is 1. The lowest BCUT2D eigenvalue weighted by atomic mass is 9.79. The van der Waals surface area contributed by atoms with Crippen molar-refractivity contribution in [2.75, 3.05) is 0 Å². The molecule has 0 spiro atoms. The van der Waals surface area contributed by atoms with E-state index in [0.717, 1.165) is 42.9 Å². The van der Waals surface area contributed by atoms with Crippen molar-refractivity contribution in [1.29, 1.82) is 0 Å². The monoisotopic (exact) mass is 265 g/mol. The molecule has 0 aromatic carbocycles. The fraction of sp³-hybridized carbons (Fsp3) is 0.938. The third-order valence-corrected chi connectivity index (χ3v) is 5.99. The number of carboxylic acids is 1. The second kappa shape index (κ2) is 5.43. The second-order valence-electron chi connectivity index (χ2n) is 6.96. The summed E-state index contributed by atoms with van der Waals surface area (Å²) < 4.78 is 0. The molecule has 3 fully saturated rings. The van der Waals surface area contributed by atoms with Gasteiger partial charge in [0.1, 0.15) is 6.04 Å². The van der Waals surface area contributed by atoms with Crippen molar-refractivity contribution < 1.29 is 9.90 Å². The van der Waals surface area contributed by atoms with Crippen molar-refractivity contribution in [2.24, 2.45) is 23.7 Å². The van der Waals surface area contributed by atoms with E-state index in [-0.39, 0.29) is 6.04 Å². The summed E-state index contributed by atoms with van der Waals surface area (Å²) in [7, 11) is 0. The zero-order valence-corrected chi connectivity index (χ0v) is 12.0. The van der Waals surface area contributed by atoms with E-state index in [0.29, 0.717) is 6.04 Å². The Balaban J connectivity index is 1.59. The minimum absolute atomic E-state index is 0.316. The largest absolute Gasteiger partial charge is 0.480 e. The molecule has 0 aromatic rings. The van der Waals surface area contributed by atoms with Gasteiger partial charge in [0, 0.05) is 6.04 Å². The van der Waals surface area contributed by atoms with Gasteiger partial charge in [-0.15, -0.1) is 0 Å². The van der Waals surface area contributed by atoms with E-state index >= 15 is 0 Å². The molecule has 3 aliphatic carbocycles. The zero-order chi connectivity index (χ0) is 13.4. The van der Waals surface area contributed by atoms with E-state index in [1.165, 1.54) is 32.1 Å². The Kier molecular flexibility index (Phi) is 3.84. The van der Waals surface area contributed by atoms with Gasteiger partial charge in [-0.25, -0.2) is 0 Å². The molecule has 0 amide bonds. The fourth-order valence-electron chi connectivity index (χ4n) is 5.20. The summed E-state index contributed by atoms with van der Waals surface area (Å²) in [5, 5.41) is 12.9. The van der Waals surface area contributed by atoms with E-state index in [1.54, 1.807) is 0 Å². The quantitative estimate of drug-likeness (QED) is 0.776. The molecule has 0 heterocycles. The van der Waals surface area contributed by atoms with Gasteiger partial charge in [-0.2, -0.15) is 0 Å². The first-order chi connectivity index (χ1) is 9.20. The number of aliphatic carboxylic acids is 1. The summed E-state index contributed by atoms with van der Waals surface area (Å²) in [6.07, 6.45) is 9.73. The van der Waals surface area contributed by atoms with Crippen LogP contribution in [0, 0.1) is 23.7 Å².